The van der Waals surface area contributed by atoms with Crippen LogP contribution in [0.15, 0.2) is 30.5 Å². The van der Waals surface area contributed by atoms with Crippen molar-refractivity contribution in [1.82, 2.24) is 15.0 Å². The van der Waals surface area contributed by atoms with Gasteiger partial charge < -0.3 is 4.74 Å². The topological polar surface area (TPSA) is 39.9 Å². The molecule has 0 amide bonds. The average Bonchev–Trinajstić information content (AvgIpc) is 2.83. The Morgan fingerprint density at radius 3 is 2.65 bits per heavy atom. The Labute approximate surface area is 120 Å². The van der Waals surface area contributed by atoms with Gasteiger partial charge in [0.2, 0.25) is 0 Å². The van der Waals surface area contributed by atoms with Crippen LogP contribution in [0, 0.1) is 12.8 Å². The number of aryl methyl sites for hydroxylation is 1. The summed E-state index contributed by atoms with van der Waals surface area (Å²) in [6, 6.07) is 8.42. The maximum absolute atomic E-state index is 5.67. The zero-order valence-corrected chi connectivity index (χ0v) is 12.5. The van der Waals surface area contributed by atoms with Crippen molar-refractivity contribution in [1.29, 1.82) is 0 Å². The van der Waals surface area contributed by atoms with E-state index in [0.29, 0.717) is 19.1 Å². The van der Waals surface area contributed by atoms with Gasteiger partial charge in [-0.3, -0.25) is 0 Å². The van der Waals surface area contributed by atoms with Gasteiger partial charge in [0.25, 0.3) is 0 Å². The molecule has 2 aromatic rings. The van der Waals surface area contributed by atoms with Crippen LogP contribution in [-0.4, -0.2) is 21.6 Å². The van der Waals surface area contributed by atoms with Gasteiger partial charge in [0.15, 0.2) is 0 Å². The SMILES string of the molecule is Cc1ccc(COCCn2cc(CC(C)C)nn2)cc1. The fraction of sp³-hybridized carbons (Fsp3) is 0.500. The first-order valence-corrected chi connectivity index (χ1v) is 7.16. The largest absolute Gasteiger partial charge is 0.375 e. The van der Waals surface area contributed by atoms with E-state index in [0.717, 1.165) is 18.7 Å². The Kier molecular flexibility index (Phi) is 5.30. The molecule has 0 saturated carbocycles. The van der Waals surface area contributed by atoms with Crippen LogP contribution in [0.2, 0.25) is 0 Å². The number of aromatic nitrogens is 3. The molecule has 0 bridgehead atoms. The van der Waals surface area contributed by atoms with Gasteiger partial charge in [-0.25, -0.2) is 4.68 Å². The van der Waals surface area contributed by atoms with Crippen molar-refractivity contribution in [2.24, 2.45) is 5.92 Å². The summed E-state index contributed by atoms with van der Waals surface area (Å²) in [5.74, 6) is 0.609. The summed E-state index contributed by atoms with van der Waals surface area (Å²) in [5, 5.41) is 8.27. The molecule has 0 aliphatic rings. The van der Waals surface area contributed by atoms with Crippen LogP contribution in [0.3, 0.4) is 0 Å². The first kappa shape index (κ1) is 14.7. The Morgan fingerprint density at radius 2 is 1.95 bits per heavy atom. The predicted molar refractivity (Wildman–Crippen MR) is 79.4 cm³/mol. The lowest BCUT2D eigenvalue weighted by Gasteiger charge is -2.04. The highest BCUT2D eigenvalue weighted by atomic mass is 16.5. The van der Waals surface area contributed by atoms with Gasteiger partial charge in [-0.05, 0) is 24.8 Å². The lowest BCUT2D eigenvalue weighted by atomic mass is 10.1. The van der Waals surface area contributed by atoms with Crippen molar-refractivity contribution < 1.29 is 4.74 Å². The molecule has 0 radical (unpaired) electrons. The van der Waals surface area contributed by atoms with E-state index < -0.39 is 0 Å². The lowest BCUT2D eigenvalue weighted by molar-refractivity contribution is 0.110. The summed E-state index contributed by atoms with van der Waals surface area (Å²) in [4.78, 5) is 0. The summed E-state index contributed by atoms with van der Waals surface area (Å²) in [6.45, 7) is 8.50. The fourth-order valence-electron chi connectivity index (χ4n) is 1.99. The summed E-state index contributed by atoms with van der Waals surface area (Å²) in [5.41, 5.74) is 3.53. The van der Waals surface area contributed by atoms with Gasteiger partial charge >= 0.3 is 0 Å². The molecule has 1 aromatic carbocycles. The molecule has 1 aromatic heterocycles. The van der Waals surface area contributed by atoms with E-state index in [1.165, 1.54) is 11.1 Å². The van der Waals surface area contributed by atoms with E-state index in [2.05, 4.69) is 55.3 Å². The summed E-state index contributed by atoms with van der Waals surface area (Å²) in [6.07, 6.45) is 2.99. The van der Waals surface area contributed by atoms with Gasteiger partial charge in [0.05, 0.1) is 25.5 Å². The maximum Gasteiger partial charge on any atom is 0.0829 e. The van der Waals surface area contributed by atoms with Gasteiger partial charge in [0.1, 0.15) is 0 Å². The van der Waals surface area contributed by atoms with Crippen LogP contribution in [-0.2, 0) is 24.3 Å². The third kappa shape index (κ3) is 4.78. The highest BCUT2D eigenvalue weighted by Crippen LogP contribution is 2.05. The number of benzene rings is 1. The predicted octanol–water partition coefficient (Wildman–Crippen LogP) is 3.00. The van der Waals surface area contributed by atoms with E-state index >= 15 is 0 Å². The van der Waals surface area contributed by atoms with E-state index in [-0.39, 0.29) is 0 Å². The molecule has 0 unspecified atom stereocenters. The molecule has 0 aliphatic carbocycles. The Morgan fingerprint density at radius 1 is 1.20 bits per heavy atom. The van der Waals surface area contributed by atoms with Crippen molar-refractivity contribution in [3.05, 3.63) is 47.3 Å². The second kappa shape index (κ2) is 7.20. The second-order valence-electron chi connectivity index (χ2n) is 5.61. The molecule has 1 heterocycles. The number of hydrogen-bond donors (Lipinski definition) is 0. The molecule has 0 saturated heterocycles. The number of hydrogen-bond acceptors (Lipinski definition) is 3. The minimum Gasteiger partial charge on any atom is -0.375 e. The van der Waals surface area contributed by atoms with Gasteiger partial charge in [-0.1, -0.05) is 48.9 Å². The van der Waals surface area contributed by atoms with Crippen molar-refractivity contribution in [2.75, 3.05) is 6.61 Å². The van der Waals surface area contributed by atoms with Gasteiger partial charge in [-0.15, -0.1) is 5.10 Å². The van der Waals surface area contributed by atoms with Gasteiger partial charge in [-0.2, -0.15) is 0 Å². The smallest absolute Gasteiger partial charge is 0.0829 e. The highest BCUT2D eigenvalue weighted by molar-refractivity contribution is 5.20. The Balaban J connectivity index is 1.70. The zero-order chi connectivity index (χ0) is 14.4. The Hall–Kier alpha value is -1.68. The molecule has 20 heavy (non-hydrogen) atoms. The first-order valence-electron chi connectivity index (χ1n) is 7.16. The molecule has 108 valence electrons. The van der Waals surface area contributed by atoms with E-state index in [4.69, 9.17) is 4.74 Å². The maximum atomic E-state index is 5.67. The molecule has 4 nitrogen and oxygen atoms in total. The second-order valence-corrected chi connectivity index (χ2v) is 5.61. The number of rotatable bonds is 7. The van der Waals surface area contributed by atoms with Crippen LogP contribution in [0.1, 0.15) is 30.7 Å². The normalized spacial score (nSPS) is 11.2. The van der Waals surface area contributed by atoms with E-state index in [1.54, 1.807) is 0 Å². The molecule has 2 rings (SSSR count). The monoisotopic (exact) mass is 273 g/mol. The van der Waals surface area contributed by atoms with Crippen LogP contribution >= 0.6 is 0 Å². The highest BCUT2D eigenvalue weighted by Gasteiger charge is 2.03. The van der Waals surface area contributed by atoms with E-state index in [1.807, 2.05) is 10.9 Å². The molecular weight excluding hydrogens is 250 g/mol. The number of nitrogens with zero attached hydrogens (tertiary/aromatic N) is 3. The minimum atomic E-state index is 0.609. The van der Waals surface area contributed by atoms with Crippen molar-refractivity contribution in [2.45, 2.75) is 40.3 Å². The van der Waals surface area contributed by atoms with Crippen molar-refractivity contribution >= 4 is 0 Å². The number of ether oxygens (including phenoxy) is 1. The molecule has 0 spiro atoms. The first-order chi connectivity index (χ1) is 9.63. The molecule has 0 aliphatic heterocycles. The fourth-order valence-corrected chi connectivity index (χ4v) is 1.99. The Bertz CT molecular complexity index is 517. The van der Waals surface area contributed by atoms with Crippen LogP contribution in [0.25, 0.3) is 0 Å². The molecule has 0 N–H and O–H groups in total. The standard InChI is InChI=1S/C16H23N3O/c1-13(2)10-16-11-19(18-17-16)8-9-20-12-15-6-4-14(3)5-7-15/h4-7,11,13H,8-10,12H2,1-3H3. The van der Waals surface area contributed by atoms with Crippen LogP contribution < -0.4 is 0 Å². The minimum absolute atomic E-state index is 0.609. The third-order valence-corrected chi connectivity index (χ3v) is 3.06. The van der Waals surface area contributed by atoms with Crippen molar-refractivity contribution in [3.63, 3.8) is 0 Å². The molecule has 0 fully saturated rings. The summed E-state index contributed by atoms with van der Waals surface area (Å²) >= 11 is 0. The molecular formula is C16H23N3O. The van der Waals surface area contributed by atoms with Crippen LogP contribution in [0.5, 0.6) is 0 Å². The average molecular weight is 273 g/mol. The quantitative estimate of drug-likeness (QED) is 0.728. The van der Waals surface area contributed by atoms with Crippen molar-refractivity contribution in [3.8, 4) is 0 Å². The van der Waals surface area contributed by atoms with E-state index in [9.17, 15) is 0 Å². The zero-order valence-electron chi connectivity index (χ0n) is 12.5. The molecule has 4 heteroatoms. The third-order valence-electron chi connectivity index (χ3n) is 3.06. The van der Waals surface area contributed by atoms with Gasteiger partial charge in [0, 0.05) is 6.20 Å². The van der Waals surface area contributed by atoms with Crippen LogP contribution in [0.4, 0.5) is 0 Å². The summed E-state index contributed by atoms with van der Waals surface area (Å²) in [7, 11) is 0. The summed E-state index contributed by atoms with van der Waals surface area (Å²) < 4.78 is 7.52. The lowest BCUT2D eigenvalue weighted by Crippen LogP contribution is -2.06. The molecule has 0 atom stereocenters.